The van der Waals surface area contributed by atoms with Crippen molar-refractivity contribution in [3.8, 4) is 0 Å². The molecule has 0 bridgehead atoms. The second-order valence-corrected chi connectivity index (χ2v) is 7.05. The smallest absolute Gasteiger partial charge is 0.258 e. The molecule has 6 nitrogen and oxygen atoms in total. The summed E-state index contributed by atoms with van der Waals surface area (Å²) in [6.45, 7) is 8.35. The summed E-state index contributed by atoms with van der Waals surface area (Å²) in [5, 5.41) is 3.01. The Bertz CT molecular complexity index is 886. The fourth-order valence-corrected chi connectivity index (χ4v) is 3.61. The molecule has 1 atom stereocenters. The molecule has 0 saturated heterocycles. The van der Waals surface area contributed by atoms with Gasteiger partial charge in [-0.1, -0.05) is 25.5 Å². The minimum Gasteiger partial charge on any atom is -0.353 e. The van der Waals surface area contributed by atoms with E-state index in [9.17, 15) is 9.59 Å². The number of aryl methyl sites for hydroxylation is 2. The van der Waals surface area contributed by atoms with Crippen molar-refractivity contribution in [2.45, 2.75) is 46.1 Å². The molecular weight excluding hydrogens is 340 g/mol. The van der Waals surface area contributed by atoms with Crippen molar-refractivity contribution in [3.63, 3.8) is 0 Å². The zero-order valence-corrected chi connectivity index (χ0v) is 16.3. The Labute approximate surface area is 159 Å². The van der Waals surface area contributed by atoms with Crippen LogP contribution in [-0.2, 0) is 15.1 Å². The van der Waals surface area contributed by atoms with Crippen molar-refractivity contribution < 1.29 is 9.59 Å². The molecule has 0 radical (unpaired) electrons. The molecule has 2 amide bonds. The maximum Gasteiger partial charge on any atom is 0.258 e. The number of imidazole rings is 1. The molecule has 2 N–H and O–H groups in total. The van der Waals surface area contributed by atoms with Gasteiger partial charge in [0.2, 0.25) is 5.54 Å². The summed E-state index contributed by atoms with van der Waals surface area (Å²) >= 11 is 0. The molecule has 0 saturated carbocycles. The summed E-state index contributed by atoms with van der Waals surface area (Å²) in [5.41, 5.74) is 2.00. The van der Waals surface area contributed by atoms with Gasteiger partial charge >= 0.3 is 0 Å². The Morgan fingerprint density at radius 3 is 2.74 bits per heavy atom. The number of aromatic amines is 1. The summed E-state index contributed by atoms with van der Waals surface area (Å²) in [5.74, 6) is -0.0216. The zero-order chi connectivity index (χ0) is 19.6. The number of amides is 2. The van der Waals surface area contributed by atoms with E-state index in [1.807, 2.05) is 39.0 Å². The number of hydrogen-bond donors (Lipinski definition) is 2. The maximum atomic E-state index is 13.5. The number of H-pyrrole nitrogens is 1. The lowest BCUT2D eigenvalue weighted by molar-refractivity contribution is -0.127. The van der Waals surface area contributed by atoms with Gasteiger partial charge in [-0.15, -0.1) is 0 Å². The van der Waals surface area contributed by atoms with Crippen LogP contribution >= 0.6 is 0 Å². The van der Waals surface area contributed by atoms with Gasteiger partial charge in [-0.25, -0.2) is 4.98 Å². The van der Waals surface area contributed by atoms with Gasteiger partial charge < -0.3 is 10.3 Å². The maximum absolute atomic E-state index is 13.5. The van der Waals surface area contributed by atoms with Gasteiger partial charge in [0, 0.05) is 30.7 Å². The van der Waals surface area contributed by atoms with Crippen molar-refractivity contribution in [2.24, 2.45) is 0 Å². The zero-order valence-electron chi connectivity index (χ0n) is 16.3. The first-order valence-corrected chi connectivity index (χ1v) is 9.31. The normalized spacial score (nSPS) is 19.3. The van der Waals surface area contributed by atoms with Crippen LogP contribution in [0.2, 0.25) is 0 Å². The Kier molecular flexibility index (Phi) is 5.17. The molecule has 6 heteroatoms. The molecule has 3 rings (SSSR count). The SMILES string of the molecule is CCCCNC(=O)C1(c2ncc[nH]2)C(C)=CC(=O)N1c1cc(C)ccc1C. The highest BCUT2D eigenvalue weighted by Crippen LogP contribution is 2.43. The second-order valence-electron chi connectivity index (χ2n) is 7.05. The lowest BCUT2D eigenvalue weighted by Gasteiger charge is -2.38. The van der Waals surface area contributed by atoms with Crippen molar-refractivity contribution in [1.29, 1.82) is 0 Å². The van der Waals surface area contributed by atoms with E-state index < -0.39 is 5.54 Å². The number of nitrogens with one attached hydrogen (secondary N) is 2. The molecule has 1 aliphatic rings. The summed E-state index contributed by atoms with van der Waals surface area (Å²) in [6.07, 6.45) is 6.66. The Morgan fingerprint density at radius 1 is 1.30 bits per heavy atom. The van der Waals surface area contributed by atoms with Crippen LogP contribution in [0, 0.1) is 13.8 Å². The molecule has 27 heavy (non-hydrogen) atoms. The van der Waals surface area contributed by atoms with E-state index in [4.69, 9.17) is 0 Å². The summed E-state index contributed by atoms with van der Waals surface area (Å²) in [4.78, 5) is 35.5. The van der Waals surface area contributed by atoms with Crippen molar-refractivity contribution in [2.75, 3.05) is 11.4 Å². The number of nitrogens with zero attached hydrogens (tertiary/aromatic N) is 2. The average molecular weight is 366 g/mol. The Morgan fingerprint density at radius 2 is 2.07 bits per heavy atom. The number of carbonyl (C=O) groups is 2. The van der Waals surface area contributed by atoms with Crippen LogP contribution in [0.15, 0.2) is 42.2 Å². The first-order chi connectivity index (χ1) is 12.9. The van der Waals surface area contributed by atoms with Crippen LogP contribution in [0.3, 0.4) is 0 Å². The Balaban J connectivity index is 2.19. The first kappa shape index (κ1) is 18.9. The fraction of sp³-hybridized carbons (Fsp3) is 0.381. The number of rotatable bonds is 6. The van der Waals surface area contributed by atoms with Gasteiger partial charge in [0.1, 0.15) is 5.82 Å². The molecule has 2 heterocycles. The first-order valence-electron chi connectivity index (χ1n) is 9.31. The molecule has 142 valence electrons. The minimum atomic E-state index is -1.31. The number of unbranched alkanes of at least 4 members (excludes halogenated alkanes) is 1. The van der Waals surface area contributed by atoms with E-state index in [2.05, 4.69) is 22.2 Å². The number of benzene rings is 1. The predicted molar refractivity (Wildman–Crippen MR) is 105 cm³/mol. The number of anilines is 1. The van der Waals surface area contributed by atoms with E-state index in [0.717, 1.165) is 29.7 Å². The van der Waals surface area contributed by atoms with Crippen molar-refractivity contribution in [3.05, 3.63) is 59.2 Å². The number of aromatic nitrogens is 2. The van der Waals surface area contributed by atoms with E-state index in [-0.39, 0.29) is 11.8 Å². The van der Waals surface area contributed by atoms with Crippen LogP contribution in [-0.4, -0.2) is 28.3 Å². The van der Waals surface area contributed by atoms with Gasteiger partial charge in [-0.3, -0.25) is 14.5 Å². The van der Waals surface area contributed by atoms with Crippen molar-refractivity contribution in [1.82, 2.24) is 15.3 Å². The van der Waals surface area contributed by atoms with Crippen LogP contribution in [0.5, 0.6) is 0 Å². The molecule has 1 unspecified atom stereocenters. The van der Waals surface area contributed by atoms with Crippen LogP contribution in [0.4, 0.5) is 5.69 Å². The molecule has 1 aromatic carbocycles. The van der Waals surface area contributed by atoms with Crippen LogP contribution < -0.4 is 10.2 Å². The lowest BCUT2D eigenvalue weighted by Crippen LogP contribution is -2.57. The van der Waals surface area contributed by atoms with E-state index in [0.29, 0.717) is 17.9 Å². The van der Waals surface area contributed by atoms with Gasteiger partial charge in [-0.05, 0) is 50.0 Å². The molecule has 0 aliphatic carbocycles. The summed E-state index contributed by atoms with van der Waals surface area (Å²) in [7, 11) is 0. The fourth-order valence-electron chi connectivity index (χ4n) is 3.61. The number of carbonyl (C=O) groups excluding carboxylic acids is 2. The van der Waals surface area contributed by atoms with E-state index in [1.54, 1.807) is 17.3 Å². The summed E-state index contributed by atoms with van der Waals surface area (Å²) in [6, 6.07) is 5.90. The third-order valence-electron chi connectivity index (χ3n) is 5.06. The van der Waals surface area contributed by atoms with Gasteiger partial charge in [0.25, 0.3) is 11.8 Å². The molecular formula is C21H26N4O2. The minimum absolute atomic E-state index is 0.219. The highest BCUT2D eigenvalue weighted by atomic mass is 16.2. The molecule has 1 aromatic heterocycles. The molecule has 1 aliphatic heterocycles. The van der Waals surface area contributed by atoms with E-state index >= 15 is 0 Å². The highest BCUT2D eigenvalue weighted by molar-refractivity contribution is 6.15. The Hall–Kier alpha value is -2.89. The molecule has 0 spiro atoms. The summed E-state index contributed by atoms with van der Waals surface area (Å²) < 4.78 is 0. The van der Waals surface area contributed by atoms with Gasteiger partial charge in [0.15, 0.2) is 0 Å². The number of hydrogen-bond acceptors (Lipinski definition) is 3. The monoisotopic (exact) mass is 366 g/mol. The van der Waals surface area contributed by atoms with Crippen LogP contribution in [0.1, 0.15) is 43.6 Å². The average Bonchev–Trinajstić information content (AvgIpc) is 3.24. The highest BCUT2D eigenvalue weighted by Gasteiger charge is 2.56. The van der Waals surface area contributed by atoms with E-state index in [1.165, 1.54) is 6.08 Å². The van der Waals surface area contributed by atoms with Crippen molar-refractivity contribution >= 4 is 17.5 Å². The third kappa shape index (κ3) is 3.05. The second kappa shape index (κ2) is 7.39. The predicted octanol–water partition coefficient (Wildman–Crippen LogP) is 3.13. The molecule has 2 aromatic rings. The third-order valence-corrected chi connectivity index (χ3v) is 5.06. The van der Waals surface area contributed by atoms with Gasteiger partial charge in [0.05, 0.1) is 0 Å². The quantitative estimate of drug-likeness (QED) is 0.771. The topological polar surface area (TPSA) is 78.1 Å². The lowest BCUT2D eigenvalue weighted by atomic mass is 9.88. The standard InChI is InChI=1S/C21H26N4O2/c1-5-6-9-24-20(27)21(19-22-10-11-23-19)16(4)13-18(26)25(21)17-12-14(2)7-8-15(17)3/h7-8,10-13H,5-6,9H2,1-4H3,(H,22,23)(H,24,27). The molecule has 0 fully saturated rings. The van der Waals surface area contributed by atoms with Crippen LogP contribution in [0.25, 0.3) is 0 Å². The largest absolute Gasteiger partial charge is 0.353 e. The van der Waals surface area contributed by atoms with Gasteiger partial charge in [-0.2, -0.15) is 0 Å².